The van der Waals surface area contributed by atoms with Crippen molar-refractivity contribution in [1.82, 2.24) is 10.2 Å². The van der Waals surface area contributed by atoms with Crippen LogP contribution in [0, 0.1) is 12.7 Å². The van der Waals surface area contributed by atoms with E-state index in [-0.39, 0.29) is 18.1 Å². The number of nitrogens with one attached hydrogen (secondary N) is 1. The number of benzene rings is 2. The van der Waals surface area contributed by atoms with E-state index in [9.17, 15) is 22.4 Å². The number of hydrogen-bond acceptors (Lipinski definition) is 4. The average Bonchev–Trinajstić information content (AvgIpc) is 2.73. The molecule has 192 valence electrons. The number of sulfonamides is 1. The summed E-state index contributed by atoms with van der Waals surface area (Å²) in [6, 6.07) is 9.45. The van der Waals surface area contributed by atoms with Crippen molar-refractivity contribution in [3.63, 3.8) is 0 Å². The van der Waals surface area contributed by atoms with E-state index < -0.39 is 39.9 Å². The minimum absolute atomic E-state index is 0.00143. The van der Waals surface area contributed by atoms with Crippen molar-refractivity contribution in [3.05, 3.63) is 64.4 Å². The highest BCUT2D eigenvalue weighted by atomic mass is 35.5. The molecular formula is C25H33ClFN3O4S. The Morgan fingerprint density at radius 2 is 1.71 bits per heavy atom. The van der Waals surface area contributed by atoms with Gasteiger partial charge in [-0.05, 0) is 69.5 Å². The minimum Gasteiger partial charge on any atom is -0.350 e. The molecule has 2 aromatic carbocycles. The Balaban J connectivity index is 2.47. The van der Waals surface area contributed by atoms with E-state index in [4.69, 9.17) is 11.6 Å². The minimum atomic E-state index is -3.86. The molecule has 2 rings (SSSR count). The highest BCUT2D eigenvalue weighted by Crippen LogP contribution is 2.25. The maximum atomic E-state index is 13.6. The van der Waals surface area contributed by atoms with E-state index in [1.165, 1.54) is 35.2 Å². The summed E-state index contributed by atoms with van der Waals surface area (Å²) in [4.78, 5) is 28.0. The summed E-state index contributed by atoms with van der Waals surface area (Å²) in [7, 11) is -3.86. The van der Waals surface area contributed by atoms with Crippen LogP contribution in [0.4, 0.5) is 10.1 Å². The largest absolute Gasteiger partial charge is 0.350 e. The first-order chi connectivity index (χ1) is 16.1. The van der Waals surface area contributed by atoms with Gasteiger partial charge in [-0.25, -0.2) is 12.8 Å². The van der Waals surface area contributed by atoms with Crippen LogP contribution in [0.1, 0.15) is 45.2 Å². The molecule has 10 heteroatoms. The summed E-state index contributed by atoms with van der Waals surface area (Å²) >= 11 is 6.20. The summed E-state index contributed by atoms with van der Waals surface area (Å²) in [5.41, 5.74) is 1.07. The first-order valence-electron chi connectivity index (χ1n) is 11.2. The topological polar surface area (TPSA) is 86.8 Å². The lowest BCUT2D eigenvalue weighted by molar-refractivity contribution is -0.141. The van der Waals surface area contributed by atoms with Gasteiger partial charge in [-0.2, -0.15) is 0 Å². The number of rotatable bonds is 9. The Hall–Kier alpha value is -2.65. The zero-order valence-electron chi connectivity index (χ0n) is 20.9. The Morgan fingerprint density at radius 3 is 2.20 bits per heavy atom. The van der Waals surface area contributed by atoms with E-state index in [1.807, 2.05) is 20.8 Å². The monoisotopic (exact) mass is 525 g/mol. The quantitative estimate of drug-likeness (QED) is 0.529. The van der Waals surface area contributed by atoms with Crippen LogP contribution in [-0.2, 0) is 26.2 Å². The number of anilines is 1. The fourth-order valence-corrected chi connectivity index (χ4v) is 4.53. The summed E-state index contributed by atoms with van der Waals surface area (Å²) in [6.07, 6.45) is 1.30. The van der Waals surface area contributed by atoms with Crippen LogP contribution in [0.3, 0.4) is 0 Å². The molecule has 2 aromatic rings. The molecular weight excluding hydrogens is 493 g/mol. The van der Waals surface area contributed by atoms with Gasteiger partial charge in [0.15, 0.2) is 0 Å². The van der Waals surface area contributed by atoms with E-state index in [0.29, 0.717) is 17.0 Å². The van der Waals surface area contributed by atoms with E-state index >= 15 is 0 Å². The van der Waals surface area contributed by atoms with Crippen molar-refractivity contribution in [3.8, 4) is 0 Å². The molecule has 35 heavy (non-hydrogen) atoms. The van der Waals surface area contributed by atoms with Crippen LogP contribution in [-0.4, -0.2) is 49.5 Å². The molecule has 1 atom stereocenters. The molecule has 0 radical (unpaired) electrons. The van der Waals surface area contributed by atoms with Gasteiger partial charge in [0.1, 0.15) is 18.4 Å². The summed E-state index contributed by atoms with van der Waals surface area (Å²) in [6.45, 7) is 8.51. The molecule has 2 amide bonds. The molecule has 7 nitrogen and oxygen atoms in total. The Morgan fingerprint density at radius 1 is 1.11 bits per heavy atom. The maximum absolute atomic E-state index is 13.6. The highest BCUT2D eigenvalue weighted by molar-refractivity contribution is 7.92. The summed E-state index contributed by atoms with van der Waals surface area (Å²) in [5.74, 6) is -1.37. The number of halogens is 2. The summed E-state index contributed by atoms with van der Waals surface area (Å²) in [5, 5.41) is 3.25. The first kappa shape index (κ1) is 28.6. The molecule has 0 unspecified atom stereocenters. The van der Waals surface area contributed by atoms with Gasteiger partial charge in [0.25, 0.3) is 0 Å². The van der Waals surface area contributed by atoms with Crippen LogP contribution in [0.25, 0.3) is 0 Å². The fourth-order valence-electron chi connectivity index (χ4n) is 3.51. The standard InChI is InChI=1S/C25H33ClFN3O4S/c1-7-22(24(32)28-25(3,4)5)29(15-18-9-11-19(27)12-10-18)23(31)16-30(35(6,33)34)20-13-8-17(2)21(26)14-20/h8-14,22H,7,15-16H2,1-6H3,(H,28,32)/t22-/m0/s1. The van der Waals surface area contributed by atoms with Crippen molar-refractivity contribution < 1.29 is 22.4 Å². The van der Waals surface area contributed by atoms with Crippen molar-refractivity contribution in [2.45, 2.75) is 59.2 Å². The van der Waals surface area contributed by atoms with Crippen molar-refractivity contribution in [1.29, 1.82) is 0 Å². The molecule has 0 bridgehead atoms. The van der Waals surface area contributed by atoms with Crippen molar-refractivity contribution in [2.24, 2.45) is 0 Å². The van der Waals surface area contributed by atoms with Crippen molar-refractivity contribution >= 4 is 39.1 Å². The number of carbonyl (C=O) groups is 2. The summed E-state index contributed by atoms with van der Waals surface area (Å²) < 4.78 is 39.7. The predicted molar refractivity (Wildman–Crippen MR) is 137 cm³/mol. The smallest absolute Gasteiger partial charge is 0.244 e. The third kappa shape index (κ3) is 8.21. The van der Waals surface area contributed by atoms with Crippen molar-refractivity contribution in [2.75, 3.05) is 17.1 Å². The number of nitrogens with zero attached hydrogens (tertiary/aromatic N) is 2. The van der Waals surface area contributed by atoms with Crippen LogP contribution in [0.2, 0.25) is 5.02 Å². The third-order valence-electron chi connectivity index (χ3n) is 5.27. The van der Waals surface area contributed by atoms with Gasteiger partial charge in [-0.3, -0.25) is 13.9 Å². The van der Waals surface area contributed by atoms with Gasteiger partial charge in [-0.1, -0.05) is 36.7 Å². The van der Waals surface area contributed by atoms with Crippen LogP contribution in [0.15, 0.2) is 42.5 Å². The SMILES string of the molecule is CC[C@@H](C(=O)NC(C)(C)C)N(Cc1ccc(F)cc1)C(=O)CN(c1ccc(C)c(Cl)c1)S(C)(=O)=O. The molecule has 1 N–H and O–H groups in total. The van der Waals surface area contributed by atoms with Crippen LogP contribution in [0.5, 0.6) is 0 Å². The number of carbonyl (C=O) groups excluding carboxylic acids is 2. The molecule has 0 aliphatic carbocycles. The molecule has 0 aliphatic heterocycles. The number of hydrogen-bond donors (Lipinski definition) is 1. The Kier molecular flexibility index (Phi) is 9.30. The molecule has 0 aliphatic rings. The van der Waals surface area contributed by atoms with E-state index in [2.05, 4.69) is 5.32 Å². The number of aryl methyl sites for hydroxylation is 1. The molecule has 0 fully saturated rings. The van der Waals surface area contributed by atoms with Gasteiger partial charge >= 0.3 is 0 Å². The van der Waals surface area contributed by atoms with Gasteiger partial charge in [0, 0.05) is 17.1 Å². The van der Waals surface area contributed by atoms with Gasteiger partial charge in [0.05, 0.1) is 11.9 Å². The van der Waals surface area contributed by atoms with E-state index in [0.717, 1.165) is 16.1 Å². The molecule has 0 saturated heterocycles. The van der Waals surface area contributed by atoms with E-state index in [1.54, 1.807) is 26.0 Å². The Labute approximate surface area is 212 Å². The lowest BCUT2D eigenvalue weighted by atomic mass is 10.1. The lowest BCUT2D eigenvalue weighted by Gasteiger charge is -2.34. The third-order valence-corrected chi connectivity index (χ3v) is 6.82. The zero-order valence-corrected chi connectivity index (χ0v) is 22.5. The normalized spacial score (nSPS) is 12.7. The maximum Gasteiger partial charge on any atom is 0.244 e. The second-order valence-electron chi connectivity index (χ2n) is 9.51. The van der Waals surface area contributed by atoms with Crippen LogP contribution >= 0.6 is 11.6 Å². The first-order valence-corrected chi connectivity index (χ1v) is 13.4. The second kappa shape index (κ2) is 11.4. The highest BCUT2D eigenvalue weighted by Gasteiger charge is 2.33. The molecule has 0 aromatic heterocycles. The molecule has 0 heterocycles. The van der Waals surface area contributed by atoms with Crippen LogP contribution < -0.4 is 9.62 Å². The fraction of sp³-hybridized carbons (Fsp3) is 0.440. The van der Waals surface area contributed by atoms with Gasteiger partial charge in [-0.15, -0.1) is 0 Å². The lowest BCUT2D eigenvalue weighted by Crippen LogP contribution is -2.55. The second-order valence-corrected chi connectivity index (χ2v) is 11.8. The number of amides is 2. The Bertz CT molecular complexity index is 1160. The predicted octanol–water partition coefficient (Wildman–Crippen LogP) is 4.28. The average molecular weight is 526 g/mol. The van der Waals surface area contributed by atoms with Gasteiger partial charge < -0.3 is 10.2 Å². The molecule has 0 spiro atoms. The zero-order chi connectivity index (χ0) is 26.6. The van der Waals surface area contributed by atoms with Gasteiger partial charge in [0.2, 0.25) is 21.8 Å². The molecule has 0 saturated carbocycles.